The summed E-state index contributed by atoms with van der Waals surface area (Å²) in [6.07, 6.45) is 0. The van der Waals surface area contributed by atoms with E-state index in [9.17, 15) is 4.79 Å². The third kappa shape index (κ3) is 5.43. The molecule has 0 radical (unpaired) electrons. The molecule has 0 aliphatic heterocycles. The number of carbonyl (C=O) groups excluding carboxylic acids is 1. The maximum Gasteiger partial charge on any atom is 0.234 e. The Hall–Kier alpha value is 0.160. The van der Waals surface area contributed by atoms with Gasteiger partial charge in [-0.3, -0.25) is 9.69 Å². The number of hydrogen-bond donors (Lipinski definition) is 1. The average molecular weight is 270 g/mol. The molecule has 0 aliphatic rings. The van der Waals surface area contributed by atoms with Crippen molar-refractivity contribution >= 4 is 28.5 Å². The van der Waals surface area contributed by atoms with E-state index in [-0.39, 0.29) is 5.91 Å². The highest BCUT2D eigenvalue weighted by Gasteiger charge is 2.07. The van der Waals surface area contributed by atoms with E-state index in [4.69, 9.17) is 0 Å². The molecular formula is C7H15IN2O. The standard InChI is InChI=1S/C7H15IN2O/c1-6(2)10(3)4-7(11)9-5-8/h6H,4-5H2,1-3H3,(H,9,11). The smallest absolute Gasteiger partial charge is 0.234 e. The van der Waals surface area contributed by atoms with E-state index in [0.717, 1.165) is 0 Å². The van der Waals surface area contributed by atoms with E-state index in [2.05, 4.69) is 41.8 Å². The fourth-order valence-electron chi connectivity index (χ4n) is 0.540. The number of hydrogen-bond acceptors (Lipinski definition) is 2. The fraction of sp³-hybridized carbons (Fsp3) is 0.857. The van der Waals surface area contributed by atoms with Gasteiger partial charge >= 0.3 is 0 Å². The monoisotopic (exact) mass is 270 g/mol. The van der Waals surface area contributed by atoms with Gasteiger partial charge in [0.15, 0.2) is 0 Å². The van der Waals surface area contributed by atoms with Gasteiger partial charge in [0.2, 0.25) is 5.91 Å². The van der Waals surface area contributed by atoms with E-state index in [1.165, 1.54) is 0 Å². The van der Waals surface area contributed by atoms with Gasteiger partial charge in [-0.05, 0) is 20.9 Å². The fourth-order valence-corrected chi connectivity index (χ4v) is 0.965. The van der Waals surface area contributed by atoms with Crippen molar-refractivity contribution < 1.29 is 4.79 Å². The van der Waals surface area contributed by atoms with Crippen molar-refractivity contribution in [2.24, 2.45) is 0 Å². The zero-order valence-electron chi connectivity index (χ0n) is 7.22. The molecule has 3 nitrogen and oxygen atoms in total. The largest absolute Gasteiger partial charge is 0.346 e. The van der Waals surface area contributed by atoms with Crippen LogP contribution in [-0.2, 0) is 4.79 Å². The van der Waals surface area contributed by atoms with Crippen LogP contribution >= 0.6 is 22.6 Å². The van der Waals surface area contributed by atoms with Gasteiger partial charge in [-0.25, -0.2) is 0 Å². The highest BCUT2D eigenvalue weighted by molar-refractivity contribution is 14.1. The van der Waals surface area contributed by atoms with Gasteiger partial charge in [-0.2, -0.15) is 0 Å². The number of nitrogens with zero attached hydrogens (tertiary/aromatic N) is 1. The van der Waals surface area contributed by atoms with Gasteiger partial charge < -0.3 is 5.32 Å². The summed E-state index contributed by atoms with van der Waals surface area (Å²) in [5, 5.41) is 2.74. The first-order valence-electron chi connectivity index (χ1n) is 3.60. The predicted octanol–water partition coefficient (Wildman–Crippen LogP) is 0.835. The van der Waals surface area contributed by atoms with Crippen molar-refractivity contribution in [3.8, 4) is 0 Å². The highest BCUT2D eigenvalue weighted by Crippen LogP contribution is 1.91. The number of carbonyl (C=O) groups is 1. The Morgan fingerprint density at radius 3 is 2.55 bits per heavy atom. The summed E-state index contributed by atoms with van der Waals surface area (Å²) in [6.45, 7) is 4.62. The van der Waals surface area contributed by atoms with E-state index in [1.807, 2.05) is 11.9 Å². The molecule has 0 aromatic carbocycles. The van der Waals surface area contributed by atoms with Crippen molar-refractivity contribution in [2.45, 2.75) is 19.9 Å². The molecule has 1 amide bonds. The third-order valence-corrected chi connectivity index (χ3v) is 1.92. The van der Waals surface area contributed by atoms with Crippen LogP contribution < -0.4 is 5.32 Å². The lowest BCUT2D eigenvalue weighted by atomic mass is 10.3. The predicted molar refractivity (Wildman–Crippen MR) is 54.8 cm³/mol. The molecule has 0 fully saturated rings. The van der Waals surface area contributed by atoms with Gasteiger partial charge in [0.25, 0.3) is 0 Å². The Kier molecular flexibility index (Phi) is 5.85. The molecule has 0 spiro atoms. The van der Waals surface area contributed by atoms with Gasteiger partial charge in [-0.1, -0.05) is 22.6 Å². The molecule has 0 bridgehead atoms. The van der Waals surface area contributed by atoms with E-state index >= 15 is 0 Å². The summed E-state index contributed by atoms with van der Waals surface area (Å²) in [7, 11) is 1.94. The molecule has 0 aliphatic carbocycles. The Morgan fingerprint density at radius 1 is 1.64 bits per heavy atom. The Balaban J connectivity index is 3.57. The minimum absolute atomic E-state index is 0.0931. The summed E-state index contributed by atoms with van der Waals surface area (Å²) in [4.78, 5) is 13.0. The van der Waals surface area contributed by atoms with Gasteiger partial charge in [0, 0.05) is 6.04 Å². The summed E-state index contributed by atoms with van der Waals surface area (Å²) >= 11 is 2.12. The molecule has 66 valence electrons. The molecule has 0 aromatic heterocycles. The van der Waals surface area contributed by atoms with Crippen molar-refractivity contribution in [1.29, 1.82) is 0 Å². The number of nitrogens with one attached hydrogen (secondary N) is 1. The molecule has 11 heavy (non-hydrogen) atoms. The number of likely N-dealkylation sites (N-methyl/N-ethyl adjacent to an activating group) is 1. The molecule has 4 heteroatoms. The number of halogens is 1. The number of alkyl halides is 1. The first-order chi connectivity index (χ1) is 5.07. The highest BCUT2D eigenvalue weighted by atomic mass is 127. The average Bonchev–Trinajstić information content (AvgIpc) is 1.87. The maximum atomic E-state index is 11.0. The molecule has 0 aromatic rings. The molecule has 0 heterocycles. The second kappa shape index (κ2) is 5.77. The van der Waals surface area contributed by atoms with Crippen molar-refractivity contribution in [3.63, 3.8) is 0 Å². The van der Waals surface area contributed by atoms with Crippen LogP contribution in [-0.4, -0.2) is 35.0 Å². The van der Waals surface area contributed by atoms with Crippen molar-refractivity contribution in [2.75, 3.05) is 18.1 Å². The summed E-state index contributed by atoms with van der Waals surface area (Å²) in [5.41, 5.74) is 0. The van der Waals surface area contributed by atoms with Crippen LogP contribution in [0.1, 0.15) is 13.8 Å². The van der Waals surface area contributed by atoms with E-state index in [0.29, 0.717) is 17.1 Å². The number of amides is 1. The quantitative estimate of drug-likeness (QED) is 0.466. The Bertz CT molecular complexity index is 128. The summed E-state index contributed by atoms with van der Waals surface area (Å²) in [6, 6.07) is 0.426. The first kappa shape index (κ1) is 11.2. The summed E-state index contributed by atoms with van der Waals surface area (Å²) in [5.74, 6) is 0.0931. The lowest BCUT2D eigenvalue weighted by molar-refractivity contribution is -0.121. The molecule has 0 rings (SSSR count). The zero-order chi connectivity index (χ0) is 8.85. The van der Waals surface area contributed by atoms with Crippen LogP contribution in [0.15, 0.2) is 0 Å². The molecule has 0 atom stereocenters. The molecule has 0 saturated carbocycles. The van der Waals surface area contributed by atoms with Crippen LogP contribution in [0, 0.1) is 0 Å². The molecule has 0 unspecified atom stereocenters. The first-order valence-corrected chi connectivity index (χ1v) is 5.13. The molecule has 0 saturated heterocycles. The number of rotatable bonds is 4. The van der Waals surface area contributed by atoms with Crippen LogP contribution in [0.2, 0.25) is 0 Å². The Morgan fingerprint density at radius 2 is 2.18 bits per heavy atom. The zero-order valence-corrected chi connectivity index (χ0v) is 9.38. The topological polar surface area (TPSA) is 32.3 Å². The van der Waals surface area contributed by atoms with Crippen LogP contribution in [0.5, 0.6) is 0 Å². The second-order valence-corrected chi connectivity index (χ2v) is 3.51. The van der Waals surface area contributed by atoms with Crippen molar-refractivity contribution in [3.05, 3.63) is 0 Å². The van der Waals surface area contributed by atoms with Gasteiger partial charge in [0.05, 0.1) is 11.1 Å². The Labute approximate surface area is 81.7 Å². The maximum absolute atomic E-state index is 11.0. The van der Waals surface area contributed by atoms with Crippen molar-refractivity contribution in [1.82, 2.24) is 10.2 Å². The SMILES string of the molecule is CC(C)N(C)CC(=O)NCI. The summed E-state index contributed by atoms with van der Waals surface area (Å²) < 4.78 is 0.683. The molecular weight excluding hydrogens is 255 g/mol. The normalized spacial score (nSPS) is 10.7. The minimum Gasteiger partial charge on any atom is -0.346 e. The van der Waals surface area contributed by atoms with E-state index in [1.54, 1.807) is 0 Å². The van der Waals surface area contributed by atoms with Crippen LogP contribution in [0.3, 0.4) is 0 Å². The van der Waals surface area contributed by atoms with Gasteiger partial charge in [-0.15, -0.1) is 0 Å². The lowest BCUT2D eigenvalue weighted by Crippen LogP contribution is -2.37. The van der Waals surface area contributed by atoms with Crippen LogP contribution in [0.25, 0.3) is 0 Å². The van der Waals surface area contributed by atoms with E-state index < -0.39 is 0 Å². The minimum atomic E-state index is 0.0931. The second-order valence-electron chi connectivity index (χ2n) is 2.74. The molecule has 1 N–H and O–H groups in total. The van der Waals surface area contributed by atoms with Crippen LogP contribution in [0.4, 0.5) is 0 Å². The van der Waals surface area contributed by atoms with Gasteiger partial charge in [0.1, 0.15) is 0 Å². The lowest BCUT2D eigenvalue weighted by Gasteiger charge is -2.19. The third-order valence-electron chi connectivity index (χ3n) is 1.54.